The smallest absolute Gasteiger partial charge is 0.226 e. The minimum absolute atomic E-state index is 0.0480. The van der Waals surface area contributed by atoms with Crippen LogP contribution in [0.15, 0.2) is 48.5 Å². The van der Waals surface area contributed by atoms with Crippen LogP contribution in [-0.2, 0) is 16.0 Å². The zero-order valence-corrected chi connectivity index (χ0v) is 15.8. The number of benzene rings is 2. The van der Waals surface area contributed by atoms with E-state index in [0.717, 1.165) is 5.56 Å². The molecule has 0 saturated carbocycles. The number of hydrogen-bond donors (Lipinski definition) is 1. The van der Waals surface area contributed by atoms with E-state index in [2.05, 4.69) is 5.32 Å². The number of methoxy groups -OCH3 is 1. The quantitative estimate of drug-likeness (QED) is 0.765. The minimum atomic E-state index is -0.143. The molecule has 0 atom stereocenters. The molecular weight excluding hydrogens is 352 g/mol. The molecule has 2 rings (SSSR count). The number of hydrogen-bond acceptors (Lipinski definition) is 3. The summed E-state index contributed by atoms with van der Waals surface area (Å²) in [5, 5.41) is 3.51. The zero-order chi connectivity index (χ0) is 18.9. The molecule has 0 aliphatic carbocycles. The van der Waals surface area contributed by atoms with Crippen molar-refractivity contribution in [3.63, 3.8) is 0 Å². The highest BCUT2D eigenvalue weighted by Crippen LogP contribution is 2.17. The summed E-state index contributed by atoms with van der Waals surface area (Å²) in [6.45, 7) is 2.45. The number of nitrogens with one attached hydrogen (secondary N) is 1. The van der Waals surface area contributed by atoms with E-state index in [1.165, 1.54) is 6.92 Å². The van der Waals surface area contributed by atoms with Gasteiger partial charge in [0.2, 0.25) is 11.8 Å². The molecule has 0 aromatic heterocycles. The Morgan fingerprint density at radius 2 is 1.85 bits per heavy atom. The fourth-order valence-corrected chi connectivity index (χ4v) is 2.63. The molecule has 0 fully saturated rings. The third-order valence-corrected chi connectivity index (χ3v) is 4.24. The molecule has 0 unspecified atom stereocenters. The standard InChI is InChI=1S/C20H23ClN2O3/c1-15(24)23(12-10-16-6-8-17(21)9-7-16)13-11-20(25)22-18-4-3-5-19(14-18)26-2/h3-9,14H,10-13H2,1-2H3,(H,22,25). The number of carbonyl (C=O) groups excluding carboxylic acids is 2. The first kappa shape index (κ1) is 19.8. The lowest BCUT2D eigenvalue weighted by Gasteiger charge is -2.21. The van der Waals surface area contributed by atoms with Crippen molar-refractivity contribution in [2.24, 2.45) is 0 Å². The monoisotopic (exact) mass is 374 g/mol. The molecule has 6 heteroatoms. The van der Waals surface area contributed by atoms with Crippen LogP contribution in [0.3, 0.4) is 0 Å². The number of anilines is 1. The summed E-state index contributed by atoms with van der Waals surface area (Å²) in [6, 6.07) is 14.7. The Morgan fingerprint density at radius 1 is 1.12 bits per heavy atom. The number of rotatable bonds is 8. The van der Waals surface area contributed by atoms with Crippen LogP contribution >= 0.6 is 11.6 Å². The first-order chi connectivity index (χ1) is 12.5. The van der Waals surface area contributed by atoms with Gasteiger partial charge in [0.15, 0.2) is 0 Å². The van der Waals surface area contributed by atoms with Crippen molar-refractivity contribution in [3.05, 3.63) is 59.1 Å². The lowest BCUT2D eigenvalue weighted by Crippen LogP contribution is -2.33. The van der Waals surface area contributed by atoms with Crippen LogP contribution in [0.4, 0.5) is 5.69 Å². The normalized spacial score (nSPS) is 10.3. The SMILES string of the molecule is COc1cccc(NC(=O)CCN(CCc2ccc(Cl)cc2)C(C)=O)c1. The molecule has 0 heterocycles. The number of ether oxygens (including phenoxy) is 1. The van der Waals surface area contributed by atoms with E-state index in [4.69, 9.17) is 16.3 Å². The Morgan fingerprint density at radius 3 is 2.50 bits per heavy atom. The average molecular weight is 375 g/mol. The Hall–Kier alpha value is -2.53. The zero-order valence-electron chi connectivity index (χ0n) is 15.0. The third-order valence-electron chi connectivity index (χ3n) is 3.99. The van der Waals surface area contributed by atoms with Crippen LogP contribution in [-0.4, -0.2) is 36.9 Å². The van der Waals surface area contributed by atoms with Crippen LogP contribution in [0.1, 0.15) is 18.9 Å². The first-order valence-corrected chi connectivity index (χ1v) is 8.79. The molecule has 0 aliphatic heterocycles. The molecule has 2 amide bonds. The Kier molecular flexibility index (Phi) is 7.48. The van der Waals surface area contributed by atoms with Crippen molar-refractivity contribution in [2.45, 2.75) is 19.8 Å². The maximum atomic E-state index is 12.1. The Labute approximate surface area is 158 Å². The van der Waals surface area contributed by atoms with Crippen molar-refractivity contribution in [1.82, 2.24) is 4.90 Å². The molecule has 0 radical (unpaired) electrons. The van der Waals surface area contributed by atoms with Crippen molar-refractivity contribution in [3.8, 4) is 5.75 Å². The highest BCUT2D eigenvalue weighted by Gasteiger charge is 2.12. The molecule has 0 spiro atoms. The van der Waals surface area contributed by atoms with Crippen LogP contribution in [0.5, 0.6) is 5.75 Å². The van der Waals surface area contributed by atoms with E-state index in [1.807, 2.05) is 36.4 Å². The molecule has 0 bridgehead atoms. The predicted molar refractivity (Wildman–Crippen MR) is 104 cm³/mol. The van der Waals surface area contributed by atoms with Crippen molar-refractivity contribution >= 4 is 29.1 Å². The molecule has 26 heavy (non-hydrogen) atoms. The van der Waals surface area contributed by atoms with Gasteiger partial charge in [-0.25, -0.2) is 0 Å². The molecule has 1 N–H and O–H groups in total. The number of nitrogens with zero attached hydrogens (tertiary/aromatic N) is 1. The molecule has 0 aliphatic rings. The maximum absolute atomic E-state index is 12.1. The average Bonchev–Trinajstić information content (AvgIpc) is 2.63. The van der Waals surface area contributed by atoms with E-state index in [9.17, 15) is 9.59 Å². The fraction of sp³-hybridized carbons (Fsp3) is 0.300. The summed E-state index contributed by atoms with van der Waals surface area (Å²) < 4.78 is 5.13. The van der Waals surface area contributed by atoms with Gasteiger partial charge in [-0.2, -0.15) is 0 Å². The summed E-state index contributed by atoms with van der Waals surface area (Å²) in [4.78, 5) is 25.7. The van der Waals surface area contributed by atoms with Gasteiger partial charge in [0.05, 0.1) is 7.11 Å². The number of halogens is 1. The molecule has 0 saturated heterocycles. The van der Waals surface area contributed by atoms with Gasteiger partial charge in [0.25, 0.3) is 0 Å². The van der Waals surface area contributed by atoms with Gasteiger partial charge >= 0.3 is 0 Å². The van der Waals surface area contributed by atoms with E-state index in [0.29, 0.717) is 36.0 Å². The van der Waals surface area contributed by atoms with E-state index in [-0.39, 0.29) is 18.2 Å². The Bertz CT molecular complexity index is 747. The van der Waals surface area contributed by atoms with E-state index < -0.39 is 0 Å². The van der Waals surface area contributed by atoms with Gasteiger partial charge in [0.1, 0.15) is 5.75 Å². The lowest BCUT2D eigenvalue weighted by atomic mass is 10.1. The number of carbonyl (C=O) groups is 2. The molecule has 5 nitrogen and oxygen atoms in total. The van der Waals surface area contributed by atoms with Gasteiger partial charge in [0, 0.05) is 43.2 Å². The molecule has 2 aromatic carbocycles. The van der Waals surface area contributed by atoms with Gasteiger partial charge in [-0.3, -0.25) is 9.59 Å². The second-order valence-corrected chi connectivity index (χ2v) is 6.35. The van der Waals surface area contributed by atoms with Crippen LogP contribution < -0.4 is 10.1 Å². The summed E-state index contributed by atoms with van der Waals surface area (Å²) in [7, 11) is 1.58. The third kappa shape index (κ3) is 6.41. The second kappa shape index (κ2) is 9.82. The largest absolute Gasteiger partial charge is 0.497 e. The summed E-state index contributed by atoms with van der Waals surface area (Å²) in [5.74, 6) is 0.486. The van der Waals surface area contributed by atoms with Crippen LogP contribution in [0, 0.1) is 0 Å². The van der Waals surface area contributed by atoms with Gasteiger partial charge in [-0.1, -0.05) is 29.8 Å². The predicted octanol–water partition coefficient (Wildman–Crippen LogP) is 3.77. The fourth-order valence-electron chi connectivity index (χ4n) is 2.50. The van der Waals surface area contributed by atoms with Gasteiger partial charge in [-0.05, 0) is 36.2 Å². The topological polar surface area (TPSA) is 58.6 Å². The van der Waals surface area contributed by atoms with E-state index in [1.54, 1.807) is 24.1 Å². The lowest BCUT2D eigenvalue weighted by molar-refractivity contribution is -0.129. The summed E-state index contributed by atoms with van der Waals surface area (Å²) in [5.41, 5.74) is 1.77. The highest BCUT2D eigenvalue weighted by atomic mass is 35.5. The maximum Gasteiger partial charge on any atom is 0.226 e. The van der Waals surface area contributed by atoms with Crippen molar-refractivity contribution in [1.29, 1.82) is 0 Å². The minimum Gasteiger partial charge on any atom is -0.497 e. The number of amides is 2. The molecular formula is C20H23ClN2O3. The molecule has 2 aromatic rings. The van der Waals surface area contributed by atoms with Gasteiger partial charge < -0.3 is 15.0 Å². The summed E-state index contributed by atoms with van der Waals surface area (Å²) >= 11 is 5.88. The second-order valence-electron chi connectivity index (χ2n) is 5.91. The van der Waals surface area contributed by atoms with Crippen molar-refractivity contribution in [2.75, 3.05) is 25.5 Å². The van der Waals surface area contributed by atoms with Crippen LogP contribution in [0.2, 0.25) is 5.02 Å². The first-order valence-electron chi connectivity index (χ1n) is 8.42. The van der Waals surface area contributed by atoms with Crippen molar-refractivity contribution < 1.29 is 14.3 Å². The summed E-state index contributed by atoms with van der Waals surface area (Å²) in [6.07, 6.45) is 0.950. The Balaban J connectivity index is 1.84. The molecule has 138 valence electrons. The highest BCUT2D eigenvalue weighted by molar-refractivity contribution is 6.30. The van der Waals surface area contributed by atoms with Gasteiger partial charge in [-0.15, -0.1) is 0 Å². The van der Waals surface area contributed by atoms with E-state index >= 15 is 0 Å². The van der Waals surface area contributed by atoms with Crippen LogP contribution in [0.25, 0.3) is 0 Å².